The summed E-state index contributed by atoms with van der Waals surface area (Å²) in [4.78, 5) is 0. The summed E-state index contributed by atoms with van der Waals surface area (Å²) in [6.07, 6.45) is 8.18. The van der Waals surface area contributed by atoms with Crippen LogP contribution in [0.2, 0.25) is 0 Å². The van der Waals surface area contributed by atoms with E-state index in [9.17, 15) is 0 Å². The van der Waals surface area contributed by atoms with Crippen LogP contribution in [0.15, 0.2) is 65.8 Å². The van der Waals surface area contributed by atoms with E-state index in [0.29, 0.717) is 6.10 Å². The lowest BCUT2D eigenvalue weighted by Crippen LogP contribution is -2.20. The first-order valence-electron chi connectivity index (χ1n) is 10.7. The zero-order chi connectivity index (χ0) is 20.4. The topological polar surface area (TPSA) is 18.5 Å². The van der Waals surface area contributed by atoms with Crippen molar-refractivity contribution >= 4 is 5.57 Å². The number of allylic oxidation sites excluding steroid dienone is 3. The van der Waals surface area contributed by atoms with Gasteiger partial charge in [0.2, 0.25) is 0 Å². The quantitative estimate of drug-likeness (QED) is 0.560. The van der Waals surface area contributed by atoms with Crippen LogP contribution in [0.25, 0.3) is 5.57 Å². The first-order chi connectivity index (χ1) is 14.0. The van der Waals surface area contributed by atoms with Gasteiger partial charge in [-0.2, -0.15) is 0 Å². The molecule has 2 aliphatic carbocycles. The van der Waals surface area contributed by atoms with Crippen molar-refractivity contribution in [1.29, 1.82) is 0 Å². The van der Waals surface area contributed by atoms with Crippen molar-refractivity contribution in [2.75, 3.05) is 14.2 Å². The second-order valence-corrected chi connectivity index (χ2v) is 8.82. The Morgan fingerprint density at radius 2 is 1.83 bits per heavy atom. The normalized spacial score (nSPS) is 23.7. The van der Waals surface area contributed by atoms with Gasteiger partial charge in [-0.1, -0.05) is 60.5 Å². The number of ether oxygens (including phenoxy) is 2. The van der Waals surface area contributed by atoms with Crippen LogP contribution in [0, 0.1) is 12.3 Å². The van der Waals surface area contributed by atoms with Crippen molar-refractivity contribution in [1.82, 2.24) is 0 Å². The molecule has 2 aromatic rings. The molecule has 152 valence electrons. The Labute approximate surface area is 175 Å². The van der Waals surface area contributed by atoms with Gasteiger partial charge in [0.05, 0.1) is 13.2 Å². The number of rotatable bonds is 6. The number of benzene rings is 2. The van der Waals surface area contributed by atoms with E-state index >= 15 is 0 Å². The molecule has 0 aromatic heterocycles. The second kappa shape index (κ2) is 8.20. The van der Waals surface area contributed by atoms with Crippen molar-refractivity contribution in [3.8, 4) is 5.75 Å². The molecule has 2 aromatic carbocycles. The Bertz CT molecular complexity index is 935. The van der Waals surface area contributed by atoms with Gasteiger partial charge in [0.15, 0.2) is 0 Å². The molecular formula is C27H32O2. The number of fused-ring (bicyclic) bond motifs is 1. The van der Waals surface area contributed by atoms with Crippen molar-refractivity contribution < 1.29 is 9.47 Å². The summed E-state index contributed by atoms with van der Waals surface area (Å²) >= 11 is 0. The zero-order valence-electron chi connectivity index (χ0n) is 18.1. The first-order valence-corrected chi connectivity index (χ1v) is 10.7. The summed E-state index contributed by atoms with van der Waals surface area (Å²) in [5, 5.41) is 0. The minimum atomic E-state index is 0.235. The molecule has 0 spiro atoms. The third-order valence-corrected chi connectivity index (χ3v) is 6.78. The predicted octanol–water partition coefficient (Wildman–Crippen LogP) is 6.54. The van der Waals surface area contributed by atoms with Crippen molar-refractivity contribution in [2.45, 2.75) is 52.1 Å². The lowest BCUT2D eigenvalue weighted by atomic mass is 9.71. The molecular weight excluding hydrogens is 356 g/mol. The average Bonchev–Trinajstić information content (AvgIpc) is 3.10. The molecule has 29 heavy (non-hydrogen) atoms. The van der Waals surface area contributed by atoms with Gasteiger partial charge in [0.1, 0.15) is 5.75 Å². The third-order valence-electron chi connectivity index (χ3n) is 6.78. The molecule has 0 unspecified atom stereocenters. The molecule has 0 radical (unpaired) electrons. The molecule has 4 rings (SSSR count). The van der Waals surface area contributed by atoms with Crippen LogP contribution in [-0.2, 0) is 11.2 Å². The van der Waals surface area contributed by atoms with E-state index in [2.05, 4.69) is 62.4 Å². The molecule has 0 heterocycles. The van der Waals surface area contributed by atoms with Crippen molar-refractivity contribution in [3.05, 3.63) is 82.4 Å². The lowest BCUT2D eigenvalue weighted by Gasteiger charge is -2.33. The van der Waals surface area contributed by atoms with Gasteiger partial charge in [0.25, 0.3) is 0 Å². The van der Waals surface area contributed by atoms with Gasteiger partial charge in [-0.3, -0.25) is 0 Å². The van der Waals surface area contributed by atoms with Crippen LogP contribution < -0.4 is 4.74 Å². The predicted molar refractivity (Wildman–Crippen MR) is 120 cm³/mol. The third kappa shape index (κ3) is 4.04. The summed E-state index contributed by atoms with van der Waals surface area (Å²) in [6.45, 7) is 4.58. The van der Waals surface area contributed by atoms with Crippen LogP contribution in [0.5, 0.6) is 5.75 Å². The van der Waals surface area contributed by atoms with Crippen molar-refractivity contribution in [3.63, 3.8) is 0 Å². The first kappa shape index (κ1) is 20.0. The fourth-order valence-electron chi connectivity index (χ4n) is 5.05. The second-order valence-electron chi connectivity index (χ2n) is 8.82. The highest BCUT2D eigenvalue weighted by atomic mass is 16.5. The molecule has 1 saturated carbocycles. The maximum atomic E-state index is 5.79. The molecule has 2 heteroatoms. The van der Waals surface area contributed by atoms with Crippen LogP contribution in [-0.4, -0.2) is 20.3 Å². The number of hydrogen-bond acceptors (Lipinski definition) is 2. The van der Waals surface area contributed by atoms with E-state index in [4.69, 9.17) is 9.47 Å². The van der Waals surface area contributed by atoms with Gasteiger partial charge in [-0.15, -0.1) is 0 Å². The number of aryl methyl sites for hydroxylation is 2. The summed E-state index contributed by atoms with van der Waals surface area (Å²) < 4.78 is 11.2. The average molecular weight is 389 g/mol. The largest absolute Gasteiger partial charge is 0.497 e. The highest BCUT2D eigenvalue weighted by Crippen LogP contribution is 2.54. The summed E-state index contributed by atoms with van der Waals surface area (Å²) in [7, 11) is 3.59. The fourth-order valence-corrected chi connectivity index (χ4v) is 5.05. The molecule has 0 N–H and O–H groups in total. The Morgan fingerprint density at radius 3 is 2.55 bits per heavy atom. The molecule has 0 bridgehead atoms. The monoisotopic (exact) mass is 388 g/mol. The van der Waals surface area contributed by atoms with E-state index in [0.717, 1.165) is 37.9 Å². The van der Waals surface area contributed by atoms with E-state index in [1.54, 1.807) is 12.7 Å². The van der Waals surface area contributed by atoms with Crippen LogP contribution in [0.3, 0.4) is 0 Å². The van der Waals surface area contributed by atoms with Crippen LogP contribution in [0.1, 0.15) is 49.3 Å². The van der Waals surface area contributed by atoms with Crippen molar-refractivity contribution in [2.24, 2.45) is 5.41 Å². The molecule has 2 atom stereocenters. The van der Waals surface area contributed by atoms with Gasteiger partial charge in [-0.05, 0) is 78.8 Å². The molecule has 2 nitrogen and oxygen atoms in total. The smallest absolute Gasteiger partial charge is 0.119 e. The van der Waals surface area contributed by atoms with E-state index in [1.165, 1.54) is 27.8 Å². The van der Waals surface area contributed by atoms with Crippen LogP contribution >= 0.6 is 0 Å². The van der Waals surface area contributed by atoms with Gasteiger partial charge in [0, 0.05) is 7.11 Å². The van der Waals surface area contributed by atoms with E-state index in [1.807, 2.05) is 13.2 Å². The summed E-state index contributed by atoms with van der Waals surface area (Å²) in [6, 6.07) is 17.5. The van der Waals surface area contributed by atoms with Gasteiger partial charge < -0.3 is 9.47 Å². The maximum Gasteiger partial charge on any atom is 0.119 e. The van der Waals surface area contributed by atoms with E-state index < -0.39 is 0 Å². The van der Waals surface area contributed by atoms with Gasteiger partial charge >= 0.3 is 0 Å². The minimum absolute atomic E-state index is 0.235. The maximum absolute atomic E-state index is 5.79. The number of hydrogen-bond donors (Lipinski definition) is 0. The molecule has 1 fully saturated rings. The molecule has 0 aliphatic heterocycles. The van der Waals surface area contributed by atoms with Crippen LogP contribution in [0.4, 0.5) is 0 Å². The highest BCUT2D eigenvalue weighted by molar-refractivity contribution is 5.82. The Balaban J connectivity index is 1.69. The SMILES string of the molecule is COc1cccc(CCC2=C3C[C@H](OC)C[C@]3(C)CC=C2c2ccc(C)cc2)c1. The molecule has 0 saturated heterocycles. The minimum Gasteiger partial charge on any atom is -0.497 e. The highest BCUT2D eigenvalue weighted by Gasteiger charge is 2.42. The molecule has 2 aliphatic rings. The summed E-state index contributed by atoms with van der Waals surface area (Å²) in [5.41, 5.74) is 8.78. The standard InChI is InChI=1S/C27H32O2/c1-19-8-11-21(12-9-19)24-14-15-27(2)18-23(29-4)17-26(27)25(24)13-10-20-6-5-7-22(16-20)28-3/h5-9,11-12,14,16,23H,10,13,15,17-18H2,1-4H3/t23-,27-/m0/s1. The Hall–Kier alpha value is -2.32. The summed E-state index contributed by atoms with van der Waals surface area (Å²) in [5.74, 6) is 0.934. The fraction of sp³-hybridized carbons (Fsp3) is 0.407. The van der Waals surface area contributed by atoms with Gasteiger partial charge in [-0.25, -0.2) is 0 Å². The lowest BCUT2D eigenvalue weighted by molar-refractivity contribution is 0.0977. The molecule has 0 amide bonds. The number of methoxy groups -OCH3 is 2. The Kier molecular flexibility index (Phi) is 5.65. The van der Waals surface area contributed by atoms with E-state index in [-0.39, 0.29) is 5.41 Å². The Morgan fingerprint density at radius 1 is 1.03 bits per heavy atom. The zero-order valence-corrected chi connectivity index (χ0v) is 18.1.